The number of nitrogens with one attached hydrogen (secondary N) is 1. The van der Waals surface area contributed by atoms with Crippen molar-refractivity contribution < 1.29 is 23.8 Å². The number of halogens is 1. The molecule has 0 aliphatic carbocycles. The Kier molecular flexibility index (Phi) is 9.26. The highest BCUT2D eigenvalue weighted by molar-refractivity contribution is 6.31. The van der Waals surface area contributed by atoms with Crippen LogP contribution in [-0.4, -0.2) is 33.8 Å². The van der Waals surface area contributed by atoms with Crippen molar-refractivity contribution in [1.29, 1.82) is 5.41 Å². The third-order valence-corrected chi connectivity index (χ3v) is 9.71. The second kappa shape index (κ2) is 14.1. The number of nitro groups is 1. The number of non-ortho nitro benzene ring substituents is 1. The molecular weight excluding hydrogens is 678 g/mol. The number of nitrogens with zero attached hydrogens (tertiary/aromatic N) is 4. The van der Waals surface area contributed by atoms with Crippen LogP contribution in [0.5, 0.6) is 0 Å². The summed E-state index contributed by atoms with van der Waals surface area (Å²) in [5, 5.41) is 20.8. The Bertz CT molecular complexity index is 2370. The van der Waals surface area contributed by atoms with Crippen LogP contribution in [0.2, 0.25) is 5.02 Å². The fourth-order valence-corrected chi connectivity index (χ4v) is 7.46. The van der Waals surface area contributed by atoms with E-state index in [2.05, 4.69) is 10.4 Å². The van der Waals surface area contributed by atoms with Crippen molar-refractivity contribution in [2.75, 3.05) is 11.5 Å². The predicted molar refractivity (Wildman–Crippen MR) is 198 cm³/mol. The number of amides is 1. The Balaban J connectivity index is 1.59. The van der Waals surface area contributed by atoms with Gasteiger partial charge in [0.05, 0.1) is 18.1 Å². The van der Waals surface area contributed by atoms with E-state index in [1.165, 1.54) is 12.1 Å². The molecule has 1 aromatic heterocycles. The molecule has 2 unspecified atom stereocenters. The quantitative estimate of drug-likeness (QED) is 0.0376. The third-order valence-electron chi connectivity index (χ3n) is 9.48. The van der Waals surface area contributed by atoms with Gasteiger partial charge in [-0.2, -0.15) is 0 Å². The highest BCUT2D eigenvalue weighted by Crippen LogP contribution is 2.56. The summed E-state index contributed by atoms with van der Waals surface area (Å²) in [6.07, 6.45) is 1.88. The minimum absolute atomic E-state index is 0.0177. The number of fused-ring (bicyclic) bond motifs is 2. The number of anilines is 1. The van der Waals surface area contributed by atoms with Gasteiger partial charge >= 0.3 is 5.97 Å². The number of rotatable bonds is 11. The van der Waals surface area contributed by atoms with Gasteiger partial charge in [-0.25, -0.2) is 13.9 Å². The Labute approximate surface area is 304 Å². The fraction of sp³-hybridized carbons (Fsp3) is 0.146. The largest absolute Gasteiger partial charge is 0.462 e. The summed E-state index contributed by atoms with van der Waals surface area (Å²) in [5.74, 6) is 0.965. The first-order valence-corrected chi connectivity index (χ1v) is 17.1. The molecule has 2 atom stereocenters. The van der Waals surface area contributed by atoms with E-state index in [0.29, 0.717) is 33.9 Å². The average Bonchev–Trinajstić information content (AvgIpc) is 3.62. The fourth-order valence-electron chi connectivity index (χ4n) is 7.29. The van der Waals surface area contributed by atoms with Crippen molar-refractivity contribution in [2.45, 2.75) is 31.5 Å². The van der Waals surface area contributed by atoms with Gasteiger partial charge in [0.1, 0.15) is 12.1 Å². The minimum atomic E-state index is -1.98. The lowest BCUT2D eigenvalue weighted by Gasteiger charge is -2.35. The van der Waals surface area contributed by atoms with Crippen molar-refractivity contribution in [3.05, 3.63) is 177 Å². The molecule has 0 fully saturated rings. The van der Waals surface area contributed by atoms with Gasteiger partial charge in [0, 0.05) is 28.4 Å². The number of esters is 1. The van der Waals surface area contributed by atoms with Crippen molar-refractivity contribution in [2.24, 2.45) is 0 Å². The van der Waals surface area contributed by atoms with Gasteiger partial charge in [-0.15, -0.1) is 0 Å². The van der Waals surface area contributed by atoms with Crippen LogP contribution < -0.4 is 9.47 Å². The van der Waals surface area contributed by atoms with E-state index >= 15 is 4.79 Å². The number of para-hydroxylation sites is 2. The lowest BCUT2D eigenvalue weighted by Crippen LogP contribution is -2.50. The smallest absolute Gasteiger partial charge is 0.345 e. The van der Waals surface area contributed by atoms with Gasteiger partial charge in [-0.1, -0.05) is 84.4 Å². The van der Waals surface area contributed by atoms with Gasteiger partial charge in [0.15, 0.2) is 22.5 Å². The summed E-state index contributed by atoms with van der Waals surface area (Å²) >= 11 is 6.73. The summed E-state index contributed by atoms with van der Waals surface area (Å²) in [5.41, 5.74) is 2.31. The zero-order valence-electron chi connectivity index (χ0n) is 28.1. The van der Waals surface area contributed by atoms with Crippen LogP contribution >= 0.6 is 11.6 Å². The Morgan fingerprint density at radius 1 is 0.942 bits per heavy atom. The standard InChI is InChI=1S/C41H33ClN5O5/c1-2-52-39(48)34(24-43)41(33-23-31(42)19-22-35(33)45(40(41)49)26-29-13-7-4-8-14-29)38(30-17-20-32(21-18-30)47(50)51)46-27-44(25-28-11-5-3-6-12-28)36-15-9-10-16-37(36)46/h3-23,27,38,43H,2,25-26H2,1H3/q+1. The van der Waals surface area contributed by atoms with Crippen LogP contribution in [0.4, 0.5) is 11.4 Å². The van der Waals surface area contributed by atoms with Crippen LogP contribution in [0.15, 0.2) is 139 Å². The number of hydrogen-bond acceptors (Lipinski definition) is 6. The van der Waals surface area contributed by atoms with Crippen LogP contribution in [-0.2, 0) is 32.8 Å². The van der Waals surface area contributed by atoms with E-state index < -0.39 is 28.3 Å². The number of aromatic nitrogens is 2. The molecule has 0 saturated carbocycles. The SMILES string of the molecule is CCOC(=O)C(=C=N)C1(C(c2ccc([N+](=O)[O-])cc2)n2c[n+](Cc3ccccc3)c3ccccc32)C(=O)N(Cc2ccccc2)c2ccc(Cl)cc21. The average molecular weight is 711 g/mol. The molecule has 0 radical (unpaired) electrons. The van der Waals surface area contributed by atoms with Crippen LogP contribution in [0.25, 0.3) is 11.0 Å². The number of imidazole rings is 1. The van der Waals surface area contributed by atoms with Gasteiger partial charge in [0.25, 0.3) is 5.69 Å². The molecule has 1 N–H and O–H groups in total. The molecule has 6 aromatic rings. The molecule has 258 valence electrons. The molecule has 0 saturated heterocycles. The first kappa shape index (κ1) is 34.1. The van der Waals surface area contributed by atoms with E-state index in [9.17, 15) is 14.9 Å². The third kappa shape index (κ3) is 5.84. The van der Waals surface area contributed by atoms with E-state index in [1.807, 2.05) is 95.8 Å². The molecule has 52 heavy (non-hydrogen) atoms. The van der Waals surface area contributed by atoms with Gasteiger partial charge < -0.3 is 9.64 Å². The summed E-state index contributed by atoms with van der Waals surface area (Å²) in [6.45, 7) is 2.26. The summed E-state index contributed by atoms with van der Waals surface area (Å²) in [4.78, 5) is 42.8. The lowest BCUT2D eigenvalue weighted by atomic mass is 9.67. The second-order valence-corrected chi connectivity index (χ2v) is 12.9. The topological polar surface area (TPSA) is 122 Å². The van der Waals surface area contributed by atoms with Gasteiger partial charge in [-0.05, 0) is 71.9 Å². The van der Waals surface area contributed by atoms with Crippen LogP contribution in [0.1, 0.15) is 35.2 Å². The summed E-state index contributed by atoms with van der Waals surface area (Å²) in [6, 6.07) is 36.9. The van der Waals surface area contributed by atoms with E-state index in [-0.39, 0.29) is 24.4 Å². The molecule has 1 amide bonds. The normalized spacial score (nSPS) is 15.6. The number of carbonyl (C=O) groups excluding carboxylic acids is 2. The first-order valence-electron chi connectivity index (χ1n) is 16.7. The van der Waals surface area contributed by atoms with Crippen LogP contribution in [0.3, 0.4) is 0 Å². The van der Waals surface area contributed by atoms with Crippen molar-refractivity contribution >= 4 is 51.8 Å². The lowest BCUT2D eigenvalue weighted by molar-refractivity contribution is -0.663. The van der Waals surface area contributed by atoms with Crippen molar-refractivity contribution in [3.8, 4) is 0 Å². The summed E-state index contributed by atoms with van der Waals surface area (Å²) < 4.78 is 9.52. The molecule has 5 aromatic carbocycles. The number of nitro benzene ring substituents is 1. The van der Waals surface area contributed by atoms with Gasteiger partial charge in [-0.3, -0.25) is 20.3 Å². The maximum Gasteiger partial charge on any atom is 0.345 e. The second-order valence-electron chi connectivity index (χ2n) is 12.4. The Hall–Kier alpha value is -6.35. The first-order chi connectivity index (χ1) is 25.3. The molecule has 1 aliphatic heterocycles. The van der Waals surface area contributed by atoms with Crippen molar-refractivity contribution in [1.82, 2.24) is 4.57 Å². The zero-order chi connectivity index (χ0) is 36.4. The van der Waals surface area contributed by atoms with E-state index in [1.54, 1.807) is 42.2 Å². The van der Waals surface area contributed by atoms with E-state index in [4.69, 9.17) is 21.7 Å². The molecule has 1 aliphatic rings. The zero-order valence-corrected chi connectivity index (χ0v) is 28.9. The van der Waals surface area contributed by atoms with Crippen molar-refractivity contribution in [3.63, 3.8) is 0 Å². The molecule has 11 heteroatoms. The molecule has 0 spiro atoms. The van der Waals surface area contributed by atoms with Gasteiger partial charge in [0.2, 0.25) is 12.2 Å². The number of ether oxygens (including phenoxy) is 1. The molecule has 10 nitrogen and oxygen atoms in total. The Morgan fingerprint density at radius 3 is 2.25 bits per heavy atom. The number of hydrogen-bond donors (Lipinski definition) is 1. The highest BCUT2D eigenvalue weighted by Gasteiger charge is 2.64. The molecular formula is C41H33ClN5O5+. The molecule has 7 rings (SSSR count). The minimum Gasteiger partial charge on any atom is -0.462 e. The maximum absolute atomic E-state index is 15.7. The number of carbonyl (C=O) groups is 2. The van der Waals surface area contributed by atoms with Crippen LogP contribution in [0, 0.1) is 15.5 Å². The maximum atomic E-state index is 15.7. The highest BCUT2D eigenvalue weighted by atomic mass is 35.5. The molecule has 2 heterocycles. The number of benzene rings is 5. The van der Waals surface area contributed by atoms with E-state index in [0.717, 1.165) is 16.6 Å². The summed E-state index contributed by atoms with van der Waals surface area (Å²) in [7, 11) is 0. The monoisotopic (exact) mass is 710 g/mol. The Morgan fingerprint density at radius 2 is 1.60 bits per heavy atom. The molecule has 0 bridgehead atoms. The predicted octanol–water partition coefficient (Wildman–Crippen LogP) is 7.35.